The lowest BCUT2D eigenvalue weighted by Crippen LogP contribution is -2.23. The number of rotatable bonds is 5. The maximum atomic E-state index is 13.7. The second-order valence-corrected chi connectivity index (χ2v) is 7.61. The highest BCUT2D eigenvalue weighted by Gasteiger charge is 2.26. The van der Waals surface area contributed by atoms with Gasteiger partial charge in [0.05, 0.1) is 34.2 Å². The minimum absolute atomic E-state index is 0.0350. The summed E-state index contributed by atoms with van der Waals surface area (Å²) in [6, 6.07) is 7.97. The van der Waals surface area contributed by atoms with Crippen LogP contribution in [0.2, 0.25) is 0 Å². The molecule has 31 heavy (non-hydrogen) atoms. The van der Waals surface area contributed by atoms with Crippen molar-refractivity contribution in [3.05, 3.63) is 63.5 Å². The van der Waals surface area contributed by atoms with Gasteiger partial charge in [0.25, 0.3) is 11.6 Å². The van der Waals surface area contributed by atoms with E-state index >= 15 is 0 Å². The van der Waals surface area contributed by atoms with E-state index in [1.807, 2.05) is 4.57 Å². The molecular formula is C21H21FN4O5. The molecule has 1 aliphatic rings. The van der Waals surface area contributed by atoms with E-state index in [0.29, 0.717) is 36.7 Å². The molecule has 1 aliphatic carbocycles. The summed E-state index contributed by atoms with van der Waals surface area (Å²) in [5.74, 6) is -0.856. The zero-order valence-electron chi connectivity index (χ0n) is 16.5. The van der Waals surface area contributed by atoms with Gasteiger partial charge in [0.1, 0.15) is 5.82 Å². The van der Waals surface area contributed by atoms with Crippen LogP contribution in [0.3, 0.4) is 0 Å². The molecule has 0 aliphatic heterocycles. The number of nitro groups is 1. The standard InChI is InChI=1S/C21H21FN4O5/c22-14-3-8-18-17(10-14)23-21(25(18)15-4-6-16(28)7-5-15)24-20(29)12-1-2-13(11-27)19(9-12)26(30)31/h1-3,8-10,15-16,27-28H,4-7,11H2,(H,23,24,29). The van der Waals surface area contributed by atoms with Crippen LogP contribution in [0.15, 0.2) is 36.4 Å². The summed E-state index contributed by atoms with van der Waals surface area (Å²) in [6.45, 7) is -0.521. The Morgan fingerprint density at radius 2 is 1.97 bits per heavy atom. The molecule has 1 heterocycles. The summed E-state index contributed by atoms with van der Waals surface area (Å²) >= 11 is 0. The average molecular weight is 428 g/mol. The Bertz CT molecular complexity index is 1150. The molecule has 10 heteroatoms. The molecule has 0 saturated heterocycles. The van der Waals surface area contributed by atoms with Gasteiger partial charge in [-0.2, -0.15) is 0 Å². The first-order chi connectivity index (χ1) is 14.9. The van der Waals surface area contributed by atoms with Gasteiger partial charge in [-0.1, -0.05) is 0 Å². The van der Waals surface area contributed by atoms with Crippen molar-refractivity contribution < 1.29 is 24.3 Å². The van der Waals surface area contributed by atoms with Crippen LogP contribution in [0.1, 0.15) is 47.6 Å². The zero-order valence-corrected chi connectivity index (χ0v) is 16.5. The number of benzene rings is 2. The first-order valence-electron chi connectivity index (χ1n) is 9.92. The summed E-state index contributed by atoms with van der Waals surface area (Å²) in [5.41, 5.74) is 0.813. The van der Waals surface area contributed by atoms with E-state index < -0.39 is 23.3 Å². The number of imidazole rings is 1. The lowest BCUT2D eigenvalue weighted by Gasteiger charge is -2.28. The highest BCUT2D eigenvalue weighted by atomic mass is 19.1. The number of hydrogen-bond acceptors (Lipinski definition) is 6. The largest absolute Gasteiger partial charge is 0.393 e. The highest BCUT2D eigenvalue weighted by Crippen LogP contribution is 2.35. The molecule has 162 valence electrons. The summed E-state index contributed by atoms with van der Waals surface area (Å²) in [5, 5.41) is 33.0. The molecule has 0 unspecified atom stereocenters. The number of nitrogens with zero attached hydrogens (tertiary/aromatic N) is 3. The van der Waals surface area contributed by atoms with Crippen molar-refractivity contribution in [2.75, 3.05) is 5.32 Å². The van der Waals surface area contributed by atoms with E-state index in [1.165, 1.54) is 24.3 Å². The van der Waals surface area contributed by atoms with Gasteiger partial charge in [-0.05, 0) is 49.9 Å². The molecule has 3 N–H and O–H groups in total. The van der Waals surface area contributed by atoms with Crippen LogP contribution in [-0.2, 0) is 6.61 Å². The van der Waals surface area contributed by atoms with Gasteiger partial charge in [-0.3, -0.25) is 20.2 Å². The SMILES string of the molecule is O=C(Nc1nc2cc(F)ccc2n1C1CCC(O)CC1)c1ccc(CO)c([N+](=O)[O-])c1. The molecule has 0 radical (unpaired) electrons. The normalized spacial score (nSPS) is 18.8. The van der Waals surface area contributed by atoms with Gasteiger partial charge in [0, 0.05) is 23.7 Å². The number of fused-ring (bicyclic) bond motifs is 1. The summed E-state index contributed by atoms with van der Waals surface area (Å²) in [7, 11) is 0. The monoisotopic (exact) mass is 428 g/mol. The lowest BCUT2D eigenvalue weighted by atomic mass is 9.93. The third kappa shape index (κ3) is 4.12. The fourth-order valence-electron chi connectivity index (χ4n) is 4.03. The number of nitrogens with one attached hydrogen (secondary N) is 1. The maximum absolute atomic E-state index is 13.7. The second-order valence-electron chi connectivity index (χ2n) is 7.61. The number of hydrogen-bond donors (Lipinski definition) is 3. The Hall–Kier alpha value is -3.37. The van der Waals surface area contributed by atoms with E-state index in [-0.39, 0.29) is 34.9 Å². The third-order valence-electron chi connectivity index (χ3n) is 5.62. The summed E-state index contributed by atoms with van der Waals surface area (Å²) < 4.78 is 15.6. The lowest BCUT2D eigenvalue weighted by molar-refractivity contribution is -0.385. The number of carbonyl (C=O) groups excluding carboxylic acids is 1. The molecule has 3 aromatic rings. The number of aliphatic hydroxyl groups is 2. The van der Waals surface area contributed by atoms with E-state index in [1.54, 1.807) is 6.07 Å². The molecule has 0 bridgehead atoms. The van der Waals surface area contributed by atoms with Crippen LogP contribution in [-0.4, -0.2) is 36.7 Å². The van der Waals surface area contributed by atoms with Gasteiger partial charge in [-0.25, -0.2) is 9.37 Å². The Morgan fingerprint density at radius 3 is 2.65 bits per heavy atom. The average Bonchev–Trinajstić information content (AvgIpc) is 3.10. The van der Waals surface area contributed by atoms with Crippen LogP contribution < -0.4 is 5.32 Å². The fourth-order valence-corrected chi connectivity index (χ4v) is 4.03. The molecular weight excluding hydrogens is 407 g/mol. The second kappa shape index (κ2) is 8.40. The highest BCUT2D eigenvalue weighted by molar-refractivity contribution is 6.04. The molecule has 4 rings (SSSR count). The number of halogens is 1. The maximum Gasteiger partial charge on any atom is 0.275 e. The molecule has 9 nitrogen and oxygen atoms in total. The Morgan fingerprint density at radius 1 is 1.23 bits per heavy atom. The van der Waals surface area contributed by atoms with Crippen molar-refractivity contribution in [3.63, 3.8) is 0 Å². The van der Waals surface area contributed by atoms with E-state index in [4.69, 9.17) is 0 Å². The Balaban J connectivity index is 1.71. The van der Waals surface area contributed by atoms with Crippen molar-refractivity contribution in [1.82, 2.24) is 9.55 Å². The number of aromatic nitrogens is 2. The van der Waals surface area contributed by atoms with Gasteiger partial charge in [0.2, 0.25) is 5.95 Å². The quantitative estimate of drug-likeness (QED) is 0.422. The van der Waals surface area contributed by atoms with E-state index in [2.05, 4.69) is 10.3 Å². The minimum Gasteiger partial charge on any atom is -0.393 e. The predicted molar refractivity (Wildman–Crippen MR) is 110 cm³/mol. The Kier molecular flexibility index (Phi) is 5.66. The molecule has 0 spiro atoms. The predicted octanol–water partition coefficient (Wildman–Crippen LogP) is 3.30. The summed E-state index contributed by atoms with van der Waals surface area (Å²) in [6.07, 6.45) is 2.18. The van der Waals surface area contributed by atoms with Gasteiger partial charge < -0.3 is 14.8 Å². The van der Waals surface area contributed by atoms with Crippen molar-refractivity contribution in [2.24, 2.45) is 0 Å². The molecule has 1 aromatic heterocycles. The number of aliphatic hydroxyl groups excluding tert-OH is 2. The number of amides is 1. The summed E-state index contributed by atoms with van der Waals surface area (Å²) in [4.78, 5) is 27.8. The topological polar surface area (TPSA) is 131 Å². The molecule has 0 atom stereocenters. The van der Waals surface area contributed by atoms with Crippen molar-refractivity contribution in [1.29, 1.82) is 0 Å². The van der Waals surface area contributed by atoms with Gasteiger partial charge in [-0.15, -0.1) is 0 Å². The molecule has 1 amide bonds. The van der Waals surface area contributed by atoms with Crippen LogP contribution in [0.5, 0.6) is 0 Å². The van der Waals surface area contributed by atoms with Gasteiger partial charge >= 0.3 is 0 Å². The van der Waals surface area contributed by atoms with Gasteiger partial charge in [0.15, 0.2) is 0 Å². The zero-order chi connectivity index (χ0) is 22.1. The minimum atomic E-state index is -0.659. The smallest absolute Gasteiger partial charge is 0.275 e. The molecule has 2 aromatic carbocycles. The van der Waals surface area contributed by atoms with Crippen molar-refractivity contribution in [3.8, 4) is 0 Å². The van der Waals surface area contributed by atoms with Crippen LogP contribution in [0, 0.1) is 15.9 Å². The van der Waals surface area contributed by atoms with Crippen LogP contribution in [0.25, 0.3) is 11.0 Å². The van der Waals surface area contributed by atoms with Crippen molar-refractivity contribution in [2.45, 2.75) is 44.4 Å². The fraction of sp³-hybridized carbons (Fsp3) is 0.333. The third-order valence-corrected chi connectivity index (χ3v) is 5.62. The number of carbonyl (C=O) groups is 1. The molecule has 1 fully saturated rings. The Labute approximate surface area is 176 Å². The molecule has 1 saturated carbocycles. The first kappa shape index (κ1) is 20.9. The van der Waals surface area contributed by atoms with Crippen LogP contribution >= 0.6 is 0 Å². The van der Waals surface area contributed by atoms with Crippen LogP contribution in [0.4, 0.5) is 16.0 Å². The van der Waals surface area contributed by atoms with Crippen molar-refractivity contribution >= 4 is 28.6 Å². The first-order valence-corrected chi connectivity index (χ1v) is 9.92. The van der Waals surface area contributed by atoms with E-state index in [0.717, 1.165) is 6.07 Å². The van der Waals surface area contributed by atoms with E-state index in [9.17, 15) is 29.5 Å². The number of nitro benzene ring substituents is 1. The number of anilines is 1.